The summed E-state index contributed by atoms with van der Waals surface area (Å²) in [5.41, 5.74) is 7.29. The van der Waals surface area contributed by atoms with Crippen LogP contribution in [0.25, 0.3) is 5.69 Å². The minimum absolute atomic E-state index is 0.324. The summed E-state index contributed by atoms with van der Waals surface area (Å²) in [4.78, 5) is 0. The standard InChI is InChI=1S/C13H15F3N4/c1-7-4-5-10(13(14,15)16)6-11(7)20-9(3)12(8(2)17)18-19-20/h4-6,8H,17H2,1-3H3. The van der Waals surface area contributed by atoms with Crippen LogP contribution in [-0.2, 0) is 6.18 Å². The average Bonchev–Trinajstić information content (AvgIpc) is 2.70. The van der Waals surface area contributed by atoms with Gasteiger partial charge in [-0.05, 0) is 38.5 Å². The van der Waals surface area contributed by atoms with Gasteiger partial charge in [0.1, 0.15) is 5.69 Å². The first-order chi connectivity index (χ1) is 9.21. The van der Waals surface area contributed by atoms with Crippen molar-refractivity contribution in [3.05, 3.63) is 40.7 Å². The maximum atomic E-state index is 12.8. The number of aromatic nitrogens is 3. The first kappa shape index (κ1) is 14.5. The molecule has 0 fully saturated rings. The molecule has 2 aromatic rings. The van der Waals surface area contributed by atoms with Crippen LogP contribution < -0.4 is 5.73 Å². The minimum atomic E-state index is -4.39. The number of alkyl halides is 3. The van der Waals surface area contributed by atoms with E-state index >= 15 is 0 Å². The van der Waals surface area contributed by atoms with Crippen molar-refractivity contribution in [2.24, 2.45) is 5.73 Å². The maximum absolute atomic E-state index is 12.8. The van der Waals surface area contributed by atoms with Crippen molar-refractivity contribution in [3.63, 3.8) is 0 Å². The van der Waals surface area contributed by atoms with Gasteiger partial charge < -0.3 is 5.73 Å². The molecule has 0 amide bonds. The highest BCUT2D eigenvalue weighted by Crippen LogP contribution is 2.31. The molecule has 0 spiro atoms. The van der Waals surface area contributed by atoms with Crippen molar-refractivity contribution in [2.45, 2.75) is 33.0 Å². The van der Waals surface area contributed by atoms with E-state index in [0.29, 0.717) is 22.6 Å². The number of hydrogen-bond acceptors (Lipinski definition) is 3. The SMILES string of the molecule is Cc1ccc(C(F)(F)F)cc1-n1nnc(C(C)N)c1C. The molecule has 20 heavy (non-hydrogen) atoms. The number of hydrogen-bond donors (Lipinski definition) is 1. The van der Waals surface area contributed by atoms with Gasteiger partial charge in [-0.2, -0.15) is 13.2 Å². The van der Waals surface area contributed by atoms with Crippen LogP contribution in [0.1, 0.15) is 35.5 Å². The second-order valence-corrected chi connectivity index (χ2v) is 4.76. The molecule has 108 valence electrons. The van der Waals surface area contributed by atoms with Crippen LogP contribution in [0.15, 0.2) is 18.2 Å². The number of halogens is 3. The zero-order valence-corrected chi connectivity index (χ0v) is 11.4. The number of benzene rings is 1. The third-order valence-electron chi connectivity index (χ3n) is 3.13. The van der Waals surface area contributed by atoms with Gasteiger partial charge in [0.25, 0.3) is 0 Å². The molecule has 2 N–H and O–H groups in total. The molecule has 1 aromatic carbocycles. The van der Waals surface area contributed by atoms with Crippen molar-refractivity contribution in [2.75, 3.05) is 0 Å². The Balaban J connectivity index is 2.58. The average molecular weight is 284 g/mol. The fourth-order valence-corrected chi connectivity index (χ4v) is 2.00. The first-order valence-electron chi connectivity index (χ1n) is 6.08. The van der Waals surface area contributed by atoms with Crippen LogP contribution in [0, 0.1) is 13.8 Å². The van der Waals surface area contributed by atoms with Gasteiger partial charge in [0.05, 0.1) is 16.9 Å². The van der Waals surface area contributed by atoms with Crippen LogP contribution in [0.4, 0.5) is 13.2 Å². The summed E-state index contributed by atoms with van der Waals surface area (Å²) in [5.74, 6) is 0. The molecule has 0 bridgehead atoms. The molecule has 0 saturated heterocycles. The topological polar surface area (TPSA) is 56.7 Å². The summed E-state index contributed by atoms with van der Waals surface area (Å²) in [5, 5.41) is 7.84. The molecule has 0 saturated carbocycles. The molecule has 1 heterocycles. The maximum Gasteiger partial charge on any atom is 0.416 e. The Kier molecular flexibility index (Phi) is 3.56. The lowest BCUT2D eigenvalue weighted by Gasteiger charge is -2.12. The van der Waals surface area contributed by atoms with Gasteiger partial charge in [0.15, 0.2) is 0 Å². The molecular weight excluding hydrogens is 269 g/mol. The van der Waals surface area contributed by atoms with Crippen LogP contribution in [0.2, 0.25) is 0 Å². The Labute approximate surface area is 114 Å². The third-order valence-corrected chi connectivity index (χ3v) is 3.13. The van der Waals surface area contributed by atoms with Gasteiger partial charge in [-0.3, -0.25) is 0 Å². The third kappa shape index (κ3) is 2.53. The summed E-state index contributed by atoms with van der Waals surface area (Å²) in [6, 6.07) is 3.22. The van der Waals surface area contributed by atoms with Crippen molar-refractivity contribution >= 4 is 0 Å². The smallest absolute Gasteiger partial charge is 0.323 e. The Bertz CT molecular complexity index is 629. The van der Waals surface area contributed by atoms with E-state index in [-0.39, 0.29) is 6.04 Å². The van der Waals surface area contributed by atoms with E-state index in [0.717, 1.165) is 12.1 Å². The summed E-state index contributed by atoms with van der Waals surface area (Å²) in [6.07, 6.45) is -4.39. The van der Waals surface area contributed by atoms with E-state index in [1.807, 2.05) is 0 Å². The highest BCUT2D eigenvalue weighted by molar-refractivity contribution is 5.44. The van der Waals surface area contributed by atoms with Crippen LogP contribution in [0.3, 0.4) is 0 Å². The van der Waals surface area contributed by atoms with Gasteiger partial charge >= 0.3 is 6.18 Å². The number of aryl methyl sites for hydroxylation is 1. The van der Waals surface area contributed by atoms with E-state index in [9.17, 15) is 13.2 Å². The van der Waals surface area contributed by atoms with Crippen LogP contribution >= 0.6 is 0 Å². The van der Waals surface area contributed by atoms with E-state index in [2.05, 4.69) is 10.3 Å². The van der Waals surface area contributed by atoms with E-state index in [1.54, 1.807) is 20.8 Å². The van der Waals surface area contributed by atoms with Crippen LogP contribution in [-0.4, -0.2) is 15.0 Å². The summed E-state index contributed by atoms with van der Waals surface area (Å²) in [6.45, 7) is 5.21. The fourth-order valence-electron chi connectivity index (χ4n) is 2.00. The molecule has 0 aliphatic carbocycles. The Morgan fingerprint density at radius 1 is 1.25 bits per heavy atom. The molecular formula is C13H15F3N4. The quantitative estimate of drug-likeness (QED) is 0.922. The number of nitrogens with zero attached hydrogens (tertiary/aromatic N) is 3. The molecule has 0 aliphatic rings. The Morgan fingerprint density at radius 2 is 1.90 bits per heavy atom. The van der Waals surface area contributed by atoms with E-state index in [1.165, 1.54) is 10.7 Å². The highest BCUT2D eigenvalue weighted by Gasteiger charge is 2.31. The van der Waals surface area contributed by atoms with Crippen molar-refractivity contribution in [1.29, 1.82) is 0 Å². The van der Waals surface area contributed by atoms with Crippen LogP contribution in [0.5, 0.6) is 0 Å². The molecule has 1 unspecified atom stereocenters. The molecule has 0 radical (unpaired) electrons. The first-order valence-corrected chi connectivity index (χ1v) is 6.08. The predicted octanol–water partition coefficient (Wildman–Crippen LogP) is 2.92. The fraction of sp³-hybridized carbons (Fsp3) is 0.385. The van der Waals surface area contributed by atoms with E-state index < -0.39 is 11.7 Å². The second kappa shape index (κ2) is 4.90. The lowest BCUT2D eigenvalue weighted by molar-refractivity contribution is -0.137. The molecule has 4 nitrogen and oxygen atoms in total. The monoisotopic (exact) mass is 284 g/mol. The highest BCUT2D eigenvalue weighted by atomic mass is 19.4. The number of rotatable bonds is 2. The lowest BCUT2D eigenvalue weighted by atomic mass is 10.1. The van der Waals surface area contributed by atoms with Crippen molar-refractivity contribution in [1.82, 2.24) is 15.0 Å². The molecule has 2 rings (SSSR count). The predicted molar refractivity (Wildman–Crippen MR) is 68.4 cm³/mol. The Morgan fingerprint density at radius 3 is 2.40 bits per heavy atom. The largest absolute Gasteiger partial charge is 0.416 e. The molecule has 1 atom stereocenters. The van der Waals surface area contributed by atoms with Crippen molar-refractivity contribution in [3.8, 4) is 5.69 Å². The molecule has 0 aliphatic heterocycles. The van der Waals surface area contributed by atoms with Crippen molar-refractivity contribution < 1.29 is 13.2 Å². The summed E-state index contributed by atoms with van der Waals surface area (Å²) >= 11 is 0. The van der Waals surface area contributed by atoms with Gasteiger partial charge in [-0.1, -0.05) is 11.3 Å². The van der Waals surface area contributed by atoms with E-state index in [4.69, 9.17) is 5.73 Å². The normalized spacial score (nSPS) is 13.6. The Hall–Kier alpha value is -1.89. The van der Waals surface area contributed by atoms with Gasteiger partial charge in [-0.25, -0.2) is 4.68 Å². The molecule has 7 heteroatoms. The number of nitrogens with two attached hydrogens (primary N) is 1. The zero-order valence-electron chi connectivity index (χ0n) is 11.4. The summed E-state index contributed by atoms with van der Waals surface area (Å²) in [7, 11) is 0. The lowest BCUT2D eigenvalue weighted by Crippen LogP contribution is -2.10. The second-order valence-electron chi connectivity index (χ2n) is 4.76. The zero-order chi connectivity index (χ0) is 15.1. The van der Waals surface area contributed by atoms with Gasteiger partial charge in [0, 0.05) is 6.04 Å². The molecule has 1 aromatic heterocycles. The summed E-state index contributed by atoms with van der Waals surface area (Å²) < 4.78 is 39.7. The minimum Gasteiger partial charge on any atom is -0.323 e. The van der Waals surface area contributed by atoms with Gasteiger partial charge in [-0.15, -0.1) is 5.10 Å². The van der Waals surface area contributed by atoms with Gasteiger partial charge in [0.2, 0.25) is 0 Å².